The van der Waals surface area contributed by atoms with Gasteiger partial charge in [-0.05, 0) is 35.9 Å². The maximum Gasteiger partial charge on any atom is 0.328 e. The maximum absolute atomic E-state index is 11.9. The Labute approximate surface area is 175 Å². The van der Waals surface area contributed by atoms with Crippen LogP contribution in [0.4, 0.5) is 0 Å². The summed E-state index contributed by atoms with van der Waals surface area (Å²) in [5.74, 6) is 0.974. The Hall–Kier alpha value is -3.59. The molecule has 2 aromatic carbocycles. The smallest absolute Gasteiger partial charge is 0.328 e. The molecular weight excluding hydrogens is 412 g/mol. The molecular formula is C20H19ClN4O5. The molecule has 30 heavy (non-hydrogen) atoms. The highest BCUT2D eigenvalue weighted by Crippen LogP contribution is 2.21. The number of ether oxygens (including phenoxy) is 2. The normalized spacial score (nSPS) is 10.6. The van der Waals surface area contributed by atoms with E-state index in [1.165, 1.54) is 25.8 Å². The first kappa shape index (κ1) is 21.1. The molecule has 10 heteroatoms. The van der Waals surface area contributed by atoms with Crippen molar-refractivity contribution in [1.82, 2.24) is 19.1 Å². The topological polar surface area (TPSA) is 108 Å². The first-order valence-corrected chi connectivity index (χ1v) is 9.13. The lowest BCUT2D eigenvalue weighted by atomic mass is 10.2. The zero-order chi connectivity index (χ0) is 22.0. The Morgan fingerprint density at radius 3 is 2.07 bits per heavy atom. The van der Waals surface area contributed by atoms with Crippen molar-refractivity contribution in [3.63, 3.8) is 0 Å². The van der Waals surface area contributed by atoms with Gasteiger partial charge in [-0.3, -0.25) is 18.7 Å². The molecule has 0 amide bonds. The number of fused-ring (bicyclic) bond motifs is 2. The molecule has 0 fully saturated rings. The number of aromatic amines is 1. The second-order valence-electron chi connectivity index (χ2n) is 6.28. The molecule has 156 valence electrons. The Balaban J connectivity index is 0.000000171. The number of aromatic nitrogens is 4. The van der Waals surface area contributed by atoms with Crippen molar-refractivity contribution in [3.05, 3.63) is 72.9 Å². The molecule has 0 saturated carbocycles. The fraction of sp³-hybridized carbons (Fsp3) is 0.200. The van der Waals surface area contributed by atoms with Crippen LogP contribution in [0, 0.1) is 0 Å². The molecule has 1 N–H and O–H groups in total. The lowest BCUT2D eigenvalue weighted by Gasteiger charge is -2.06. The number of rotatable bonds is 2. The number of benzene rings is 2. The van der Waals surface area contributed by atoms with E-state index in [2.05, 4.69) is 9.97 Å². The summed E-state index contributed by atoms with van der Waals surface area (Å²) in [5.41, 5.74) is 0.0410. The highest BCUT2D eigenvalue weighted by atomic mass is 35.5. The van der Waals surface area contributed by atoms with Crippen LogP contribution in [0.3, 0.4) is 0 Å². The summed E-state index contributed by atoms with van der Waals surface area (Å²) >= 11 is 5.80. The zero-order valence-electron chi connectivity index (χ0n) is 16.7. The number of nitrogens with one attached hydrogen (secondary N) is 1. The van der Waals surface area contributed by atoms with Gasteiger partial charge in [0.15, 0.2) is 0 Å². The average Bonchev–Trinajstić information content (AvgIpc) is 2.75. The summed E-state index contributed by atoms with van der Waals surface area (Å²) in [6.07, 6.45) is 0. The minimum Gasteiger partial charge on any atom is -0.496 e. The Morgan fingerprint density at radius 2 is 1.43 bits per heavy atom. The molecule has 0 atom stereocenters. The van der Waals surface area contributed by atoms with E-state index in [4.69, 9.17) is 21.1 Å². The van der Waals surface area contributed by atoms with Crippen LogP contribution in [0.25, 0.3) is 21.8 Å². The molecule has 0 spiro atoms. The van der Waals surface area contributed by atoms with Gasteiger partial charge in [0.2, 0.25) is 5.28 Å². The third kappa shape index (κ3) is 3.67. The average molecular weight is 431 g/mol. The van der Waals surface area contributed by atoms with Crippen LogP contribution in [-0.2, 0) is 14.1 Å². The Morgan fingerprint density at radius 1 is 0.867 bits per heavy atom. The van der Waals surface area contributed by atoms with Crippen LogP contribution in [0.15, 0.2) is 50.8 Å². The number of hydrogen-bond donors (Lipinski definition) is 1. The van der Waals surface area contributed by atoms with E-state index in [0.29, 0.717) is 33.3 Å². The van der Waals surface area contributed by atoms with E-state index in [9.17, 15) is 14.4 Å². The molecule has 0 bridgehead atoms. The van der Waals surface area contributed by atoms with Crippen LogP contribution in [-0.4, -0.2) is 33.3 Å². The third-order valence-corrected chi connectivity index (χ3v) is 4.88. The van der Waals surface area contributed by atoms with Crippen molar-refractivity contribution in [2.24, 2.45) is 14.1 Å². The molecule has 0 aliphatic rings. The van der Waals surface area contributed by atoms with E-state index in [1.807, 2.05) is 0 Å². The monoisotopic (exact) mass is 430 g/mol. The van der Waals surface area contributed by atoms with Crippen LogP contribution in [0.2, 0.25) is 5.28 Å². The SMILES string of the molecule is COc1cccc2[nH]c(=O)n(C)c(=O)c12.COc1cccc2nc(Cl)n(C)c(=O)c12. The van der Waals surface area contributed by atoms with Gasteiger partial charge in [-0.25, -0.2) is 9.78 Å². The maximum atomic E-state index is 11.9. The van der Waals surface area contributed by atoms with Gasteiger partial charge in [0, 0.05) is 14.1 Å². The molecule has 0 unspecified atom stereocenters. The van der Waals surface area contributed by atoms with Crippen LogP contribution in [0.5, 0.6) is 11.5 Å². The minimum atomic E-state index is -0.430. The lowest BCUT2D eigenvalue weighted by molar-refractivity contribution is 0.419. The highest BCUT2D eigenvalue weighted by Gasteiger charge is 2.10. The molecule has 4 aromatic rings. The van der Waals surface area contributed by atoms with Gasteiger partial charge in [0.1, 0.15) is 22.3 Å². The van der Waals surface area contributed by atoms with Gasteiger partial charge in [0.25, 0.3) is 11.1 Å². The first-order chi connectivity index (χ1) is 14.3. The quantitative estimate of drug-likeness (QED) is 0.486. The van der Waals surface area contributed by atoms with Gasteiger partial charge in [-0.1, -0.05) is 12.1 Å². The van der Waals surface area contributed by atoms with Crippen LogP contribution >= 0.6 is 11.6 Å². The molecule has 4 rings (SSSR count). The summed E-state index contributed by atoms with van der Waals surface area (Å²) < 4.78 is 12.5. The van der Waals surface area contributed by atoms with Gasteiger partial charge < -0.3 is 14.5 Å². The molecule has 0 aliphatic carbocycles. The van der Waals surface area contributed by atoms with Crippen LogP contribution in [0.1, 0.15) is 0 Å². The van der Waals surface area contributed by atoms with E-state index in [-0.39, 0.29) is 16.4 Å². The number of nitrogens with zero attached hydrogens (tertiary/aromatic N) is 3. The molecule has 0 aliphatic heterocycles. The number of hydrogen-bond acceptors (Lipinski definition) is 6. The van der Waals surface area contributed by atoms with Crippen molar-refractivity contribution in [2.75, 3.05) is 14.2 Å². The summed E-state index contributed by atoms with van der Waals surface area (Å²) in [6, 6.07) is 10.3. The first-order valence-electron chi connectivity index (χ1n) is 8.75. The lowest BCUT2D eigenvalue weighted by Crippen LogP contribution is -2.32. The van der Waals surface area contributed by atoms with Gasteiger partial charge in [-0.15, -0.1) is 0 Å². The van der Waals surface area contributed by atoms with Crippen LogP contribution < -0.4 is 26.3 Å². The molecule has 0 radical (unpaired) electrons. The second kappa shape index (κ2) is 8.42. The van der Waals surface area contributed by atoms with Gasteiger partial charge in [-0.2, -0.15) is 0 Å². The Bertz CT molecular complexity index is 1420. The number of H-pyrrole nitrogens is 1. The summed E-state index contributed by atoms with van der Waals surface area (Å²) in [7, 11) is 6.00. The van der Waals surface area contributed by atoms with E-state index >= 15 is 0 Å². The van der Waals surface area contributed by atoms with Gasteiger partial charge >= 0.3 is 5.69 Å². The van der Waals surface area contributed by atoms with Gasteiger partial charge in [0.05, 0.1) is 25.3 Å². The highest BCUT2D eigenvalue weighted by molar-refractivity contribution is 6.28. The van der Waals surface area contributed by atoms with E-state index in [0.717, 1.165) is 4.57 Å². The standard InChI is InChI=1S/C10H9ClN2O2.C10H10N2O3/c1-13-9(14)8-6(12-10(13)11)4-3-5-7(8)15-2;1-12-9(13)8-6(11-10(12)14)4-3-5-7(8)15-2/h3-5H,1-2H3;3-5H,1-2H3,(H,11,14). The van der Waals surface area contributed by atoms with Crippen molar-refractivity contribution < 1.29 is 9.47 Å². The fourth-order valence-corrected chi connectivity index (χ4v) is 3.08. The number of methoxy groups -OCH3 is 2. The summed E-state index contributed by atoms with van der Waals surface area (Å²) in [4.78, 5) is 41.7. The van der Waals surface area contributed by atoms with E-state index < -0.39 is 5.69 Å². The number of halogens is 1. The van der Waals surface area contributed by atoms with Crippen molar-refractivity contribution >= 4 is 33.4 Å². The second-order valence-corrected chi connectivity index (χ2v) is 6.61. The zero-order valence-corrected chi connectivity index (χ0v) is 17.5. The molecule has 2 heterocycles. The predicted molar refractivity (Wildman–Crippen MR) is 115 cm³/mol. The molecule has 9 nitrogen and oxygen atoms in total. The van der Waals surface area contributed by atoms with E-state index in [1.54, 1.807) is 43.4 Å². The fourth-order valence-electron chi connectivity index (χ4n) is 2.91. The third-order valence-electron chi connectivity index (χ3n) is 4.54. The largest absolute Gasteiger partial charge is 0.496 e. The van der Waals surface area contributed by atoms with Crippen molar-refractivity contribution in [3.8, 4) is 11.5 Å². The summed E-state index contributed by atoms with van der Waals surface area (Å²) in [6.45, 7) is 0. The summed E-state index contributed by atoms with van der Waals surface area (Å²) in [5, 5.41) is 1.01. The molecule has 0 saturated heterocycles. The minimum absolute atomic E-state index is 0.167. The van der Waals surface area contributed by atoms with Crippen molar-refractivity contribution in [2.45, 2.75) is 0 Å². The molecule has 2 aromatic heterocycles. The van der Waals surface area contributed by atoms with Crippen molar-refractivity contribution in [1.29, 1.82) is 0 Å². The predicted octanol–water partition coefficient (Wildman–Crippen LogP) is 1.83. The Kier molecular flexibility index (Phi) is 5.93.